The van der Waals surface area contributed by atoms with Gasteiger partial charge < -0.3 is 4.90 Å². The lowest BCUT2D eigenvalue weighted by molar-refractivity contribution is 0.0789. The van der Waals surface area contributed by atoms with Gasteiger partial charge in [0.15, 0.2) is 0 Å². The van der Waals surface area contributed by atoms with Gasteiger partial charge in [0.1, 0.15) is 21.5 Å². The summed E-state index contributed by atoms with van der Waals surface area (Å²) in [7, 11) is 1.70. The molecule has 0 aliphatic carbocycles. The average molecular weight is 358 g/mol. The van der Waals surface area contributed by atoms with E-state index in [-0.39, 0.29) is 17.5 Å². The normalized spacial score (nSPS) is 10.7. The predicted octanol–water partition coefficient (Wildman–Crippen LogP) is 4.67. The van der Waals surface area contributed by atoms with Gasteiger partial charge in [-0.1, -0.05) is 12.1 Å². The van der Waals surface area contributed by atoms with Crippen LogP contribution in [-0.2, 0) is 6.54 Å². The molecule has 0 unspecified atom stereocenters. The smallest absolute Gasteiger partial charge is 0.265 e. The van der Waals surface area contributed by atoms with E-state index >= 15 is 0 Å². The van der Waals surface area contributed by atoms with Gasteiger partial charge in [-0.3, -0.25) is 4.79 Å². The van der Waals surface area contributed by atoms with Crippen molar-refractivity contribution >= 4 is 17.2 Å². The van der Waals surface area contributed by atoms with Gasteiger partial charge >= 0.3 is 0 Å². The summed E-state index contributed by atoms with van der Waals surface area (Å²) in [5.41, 5.74) is 2.26. The van der Waals surface area contributed by atoms with E-state index in [1.165, 1.54) is 35.6 Å². The van der Waals surface area contributed by atoms with Gasteiger partial charge in [0.2, 0.25) is 0 Å². The van der Waals surface area contributed by atoms with Crippen LogP contribution in [0.2, 0.25) is 0 Å². The number of aryl methyl sites for hydroxylation is 1. The minimum atomic E-state index is -0.313. The summed E-state index contributed by atoms with van der Waals surface area (Å²) < 4.78 is 26.0. The molecule has 0 saturated carbocycles. The van der Waals surface area contributed by atoms with E-state index in [2.05, 4.69) is 4.98 Å². The summed E-state index contributed by atoms with van der Waals surface area (Å²) in [6.07, 6.45) is 0. The van der Waals surface area contributed by atoms with Crippen LogP contribution in [0.1, 0.15) is 20.9 Å². The Morgan fingerprint density at radius 3 is 2.20 bits per heavy atom. The average Bonchev–Trinajstić information content (AvgIpc) is 2.98. The molecule has 3 nitrogen and oxygen atoms in total. The highest BCUT2D eigenvalue weighted by molar-refractivity contribution is 7.17. The zero-order valence-electron chi connectivity index (χ0n) is 13.8. The number of aromatic nitrogens is 1. The maximum Gasteiger partial charge on any atom is 0.265 e. The Balaban J connectivity index is 1.79. The summed E-state index contributed by atoms with van der Waals surface area (Å²) in [6.45, 7) is 2.16. The largest absolute Gasteiger partial charge is 0.337 e. The first-order valence-electron chi connectivity index (χ1n) is 7.67. The van der Waals surface area contributed by atoms with Gasteiger partial charge in [-0.2, -0.15) is 0 Å². The Morgan fingerprint density at radius 2 is 1.60 bits per heavy atom. The fraction of sp³-hybridized carbons (Fsp3) is 0.158. The van der Waals surface area contributed by atoms with Crippen LogP contribution in [0.25, 0.3) is 10.6 Å². The summed E-state index contributed by atoms with van der Waals surface area (Å²) in [5.74, 6) is -0.764. The minimum absolute atomic E-state index is 0.146. The van der Waals surface area contributed by atoms with E-state index in [4.69, 9.17) is 0 Å². The first-order valence-corrected chi connectivity index (χ1v) is 8.49. The Bertz CT molecular complexity index is 889. The second-order valence-electron chi connectivity index (χ2n) is 5.73. The van der Waals surface area contributed by atoms with Crippen molar-refractivity contribution in [2.75, 3.05) is 7.05 Å². The molecule has 1 amide bonds. The summed E-state index contributed by atoms with van der Waals surface area (Å²) >= 11 is 1.28. The molecule has 25 heavy (non-hydrogen) atoms. The second-order valence-corrected chi connectivity index (χ2v) is 6.73. The standard InChI is InChI=1S/C19H16F2N2OS/c1-12-17(25-18(22-12)14-5-9-16(21)10-6-14)19(24)23(2)11-13-3-7-15(20)8-4-13/h3-10H,11H2,1-2H3. The Morgan fingerprint density at radius 1 is 1.04 bits per heavy atom. The number of carbonyl (C=O) groups excluding carboxylic acids is 1. The van der Waals surface area contributed by atoms with Crippen LogP contribution in [-0.4, -0.2) is 22.8 Å². The highest BCUT2D eigenvalue weighted by Crippen LogP contribution is 2.29. The molecule has 3 aromatic rings. The summed E-state index contributed by atoms with van der Waals surface area (Å²) in [4.78, 5) is 19.2. The molecule has 2 aromatic carbocycles. The first-order chi connectivity index (χ1) is 11.9. The van der Waals surface area contributed by atoms with Crippen LogP contribution in [0.4, 0.5) is 8.78 Å². The number of carbonyl (C=O) groups is 1. The molecule has 1 aromatic heterocycles. The molecule has 0 radical (unpaired) electrons. The molecule has 0 fully saturated rings. The van der Waals surface area contributed by atoms with Gasteiger partial charge in [0.05, 0.1) is 5.69 Å². The van der Waals surface area contributed by atoms with E-state index < -0.39 is 0 Å². The van der Waals surface area contributed by atoms with Crippen molar-refractivity contribution in [2.45, 2.75) is 13.5 Å². The van der Waals surface area contributed by atoms with Crippen LogP contribution >= 0.6 is 11.3 Å². The lowest BCUT2D eigenvalue weighted by Crippen LogP contribution is -2.26. The molecule has 0 atom stereocenters. The van der Waals surface area contributed by atoms with E-state index in [0.29, 0.717) is 22.1 Å². The molecule has 3 rings (SSSR count). The predicted molar refractivity (Wildman–Crippen MR) is 94.4 cm³/mol. The van der Waals surface area contributed by atoms with Crippen LogP contribution in [0.15, 0.2) is 48.5 Å². The zero-order chi connectivity index (χ0) is 18.0. The molecule has 0 aliphatic rings. The third-order valence-electron chi connectivity index (χ3n) is 3.76. The van der Waals surface area contributed by atoms with E-state index in [0.717, 1.165) is 11.1 Å². The van der Waals surface area contributed by atoms with Gasteiger partial charge in [-0.05, 0) is 48.9 Å². The number of rotatable bonds is 4. The quantitative estimate of drug-likeness (QED) is 0.679. The van der Waals surface area contributed by atoms with E-state index in [1.807, 2.05) is 0 Å². The van der Waals surface area contributed by atoms with E-state index in [1.54, 1.807) is 43.1 Å². The van der Waals surface area contributed by atoms with E-state index in [9.17, 15) is 13.6 Å². The minimum Gasteiger partial charge on any atom is -0.337 e. The molecule has 0 spiro atoms. The zero-order valence-corrected chi connectivity index (χ0v) is 14.6. The number of nitrogens with zero attached hydrogens (tertiary/aromatic N) is 2. The SMILES string of the molecule is Cc1nc(-c2ccc(F)cc2)sc1C(=O)N(C)Cc1ccc(F)cc1. The molecule has 128 valence electrons. The lowest BCUT2D eigenvalue weighted by atomic mass is 10.2. The third kappa shape index (κ3) is 3.91. The maximum atomic E-state index is 13.1. The van der Waals surface area contributed by atoms with Gasteiger partial charge in [-0.15, -0.1) is 11.3 Å². The van der Waals surface area contributed by atoms with Crippen molar-refractivity contribution < 1.29 is 13.6 Å². The third-order valence-corrected chi connectivity index (χ3v) is 4.96. The molecule has 0 saturated heterocycles. The topological polar surface area (TPSA) is 33.2 Å². The molecule has 0 bridgehead atoms. The Labute approximate surface area is 148 Å². The molecular formula is C19H16F2N2OS. The van der Waals surface area contributed by atoms with Crippen LogP contribution in [0.3, 0.4) is 0 Å². The summed E-state index contributed by atoms with van der Waals surface area (Å²) in [6, 6.07) is 12.1. The molecular weight excluding hydrogens is 342 g/mol. The number of halogens is 2. The van der Waals surface area contributed by atoms with Gasteiger partial charge in [0.25, 0.3) is 5.91 Å². The van der Waals surface area contributed by atoms with Crippen molar-refractivity contribution in [3.63, 3.8) is 0 Å². The van der Waals surface area contributed by atoms with Crippen molar-refractivity contribution in [3.05, 3.63) is 76.3 Å². The fourth-order valence-electron chi connectivity index (χ4n) is 2.42. The lowest BCUT2D eigenvalue weighted by Gasteiger charge is -2.16. The van der Waals surface area contributed by atoms with Crippen molar-refractivity contribution in [3.8, 4) is 10.6 Å². The number of hydrogen-bond acceptors (Lipinski definition) is 3. The molecule has 0 aliphatic heterocycles. The maximum absolute atomic E-state index is 13.1. The second kappa shape index (κ2) is 7.11. The molecule has 1 heterocycles. The highest BCUT2D eigenvalue weighted by Gasteiger charge is 2.20. The number of thiazole rings is 1. The van der Waals surface area contributed by atoms with Crippen LogP contribution in [0.5, 0.6) is 0 Å². The fourth-order valence-corrected chi connectivity index (χ4v) is 3.49. The van der Waals surface area contributed by atoms with Crippen molar-refractivity contribution in [1.82, 2.24) is 9.88 Å². The first kappa shape index (κ1) is 17.2. The molecule has 0 N–H and O–H groups in total. The van der Waals surface area contributed by atoms with Crippen molar-refractivity contribution in [2.24, 2.45) is 0 Å². The Kier molecular flexibility index (Phi) is 4.90. The monoisotopic (exact) mass is 358 g/mol. The number of amides is 1. The van der Waals surface area contributed by atoms with Gasteiger partial charge in [-0.25, -0.2) is 13.8 Å². The van der Waals surface area contributed by atoms with Crippen LogP contribution < -0.4 is 0 Å². The number of benzene rings is 2. The van der Waals surface area contributed by atoms with Crippen molar-refractivity contribution in [1.29, 1.82) is 0 Å². The molecule has 6 heteroatoms. The summed E-state index contributed by atoms with van der Waals surface area (Å²) in [5, 5.41) is 0.677. The van der Waals surface area contributed by atoms with Crippen LogP contribution in [0, 0.1) is 18.6 Å². The Hall–Kier alpha value is -2.60. The highest BCUT2D eigenvalue weighted by atomic mass is 32.1. The van der Waals surface area contributed by atoms with Gasteiger partial charge in [0, 0.05) is 19.2 Å². The number of hydrogen-bond donors (Lipinski definition) is 0.